The molecule has 262 valence electrons. The molecule has 0 saturated carbocycles. The molecule has 0 aliphatic rings. The lowest BCUT2D eigenvalue weighted by atomic mass is 10.0. The number of primary amides is 1. The van der Waals surface area contributed by atoms with Gasteiger partial charge < -0.3 is 15.9 Å². The zero-order chi connectivity index (χ0) is 33.6. The first-order valence-corrected chi connectivity index (χ1v) is 18.5. The Labute approximate surface area is 276 Å². The average Bonchev–Trinajstić information content (AvgIpc) is 3.02. The predicted octanol–water partition coefficient (Wildman–Crippen LogP) is 11.3. The minimum atomic E-state index is -0.655. The van der Waals surface area contributed by atoms with E-state index in [0.717, 1.165) is 25.7 Å². The first kappa shape index (κ1) is 44.7. The molecule has 0 saturated heterocycles. The minimum absolute atomic E-state index is 0.345. The van der Waals surface area contributed by atoms with Crippen molar-refractivity contribution < 1.29 is 24.6 Å². The van der Waals surface area contributed by atoms with Gasteiger partial charge in [0.15, 0.2) is 0 Å². The summed E-state index contributed by atoms with van der Waals surface area (Å²) >= 11 is 0. The number of pyridine rings is 1. The van der Waals surface area contributed by atoms with Crippen molar-refractivity contribution in [1.82, 2.24) is 4.98 Å². The van der Waals surface area contributed by atoms with Crippen LogP contribution in [-0.4, -0.2) is 33.0 Å². The Hall–Kier alpha value is -2.44. The van der Waals surface area contributed by atoms with E-state index in [4.69, 9.17) is 15.9 Å². The highest BCUT2D eigenvalue weighted by atomic mass is 16.4. The topological polar surface area (TPSA) is 131 Å². The van der Waals surface area contributed by atoms with Crippen LogP contribution < -0.4 is 5.73 Å². The molecule has 0 atom stereocenters. The second kappa shape index (κ2) is 37.7. The van der Waals surface area contributed by atoms with Gasteiger partial charge in [-0.1, -0.05) is 168 Å². The number of hydrogen-bond donors (Lipinski definition) is 3. The Balaban J connectivity index is 0. The van der Waals surface area contributed by atoms with Crippen molar-refractivity contribution in [2.75, 3.05) is 0 Å². The van der Waals surface area contributed by atoms with Crippen LogP contribution >= 0.6 is 0 Å². The van der Waals surface area contributed by atoms with E-state index in [1.54, 1.807) is 18.3 Å². The molecule has 1 aromatic rings. The molecular formula is C38H70N2O5. The summed E-state index contributed by atoms with van der Waals surface area (Å²) in [4.78, 5) is 34.7. The Bertz CT molecular complexity index is 733. The Morgan fingerprint density at radius 1 is 0.533 bits per heavy atom. The van der Waals surface area contributed by atoms with Crippen LogP contribution in [0.4, 0.5) is 0 Å². The molecule has 1 amide bonds. The van der Waals surface area contributed by atoms with E-state index in [9.17, 15) is 14.4 Å². The number of carboxylic acid groups (broad SMARTS) is 2. The highest BCUT2D eigenvalue weighted by molar-refractivity contribution is 5.92. The van der Waals surface area contributed by atoms with Crippen molar-refractivity contribution in [1.29, 1.82) is 0 Å². The number of aromatic nitrogens is 1. The van der Waals surface area contributed by atoms with Gasteiger partial charge in [0.25, 0.3) is 0 Å². The number of nitrogens with zero attached hydrogens (tertiary/aromatic N) is 1. The molecule has 0 unspecified atom stereocenters. The highest BCUT2D eigenvalue weighted by Gasteiger charge is 1.98. The molecule has 0 radical (unpaired) electrons. The quantitative estimate of drug-likeness (QED) is 0.0751. The molecule has 45 heavy (non-hydrogen) atoms. The van der Waals surface area contributed by atoms with Crippen molar-refractivity contribution in [2.45, 2.75) is 194 Å². The van der Waals surface area contributed by atoms with Crippen molar-refractivity contribution in [3.05, 3.63) is 30.1 Å². The van der Waals surface area contributed by atoms with Crippen LogP contribution in [0.2, 0.25) is 0 Å². The van der Waals surface area contributed by atoms with Gasteiger partial charge in [0.2, 0.25) is 5.91 Å². The Morgan fingerprint density at radius 2 is 0.822 bits per heavy atom. The largest absolute Gasteiger partial charge is 0.481 e. The van der Waals surface area contributed by atoms with Gasteiger partial charge >= 0.3 is 11.9 Å². The van der Waals surface area contributed by atoms with Crippen molar-refractivity contribution in [2.24, 2.45) is 5.73 Å². The van der Waals surface area contributed by atoms with Crippen LogP contribution in [0.1, 0.15) is 204 Å². The SMILES string of the molecule is CCCCCCCCCCCCCCCC(=O)O.CCCCCCCCCCCCCCCC(=O)O.NC(=O)c1cccnc1. The van der Waals surface area contributed by atoms with E-state index in [0.29, 0.717) is 18.4 Å². The third kappa shape index (κ3) is 41.6. The van der Waals surface area contributed by atoms with Crippen LogP contribution in [0.3, 0.4) is 0 Å². The van der Waals surface area contributed by atoms with E-state index in [-0.39, 0.29) is 0 Å². The van der Waals surface area contributed by atoms with Gasteiger partial charge in [0.1, 0.15) is 0 Å². The Morgan fingerprint density at radius 3 is 1.02 bits per heavy atom. The zero-order valence-electron chi connectivity index (χ0n) is 29.3. The fourth-order valence-electron chi connectivity index (χ4n) is 5.10. The number of amides is 1. The van der Waals surface area contributed by atoms with E-state index in [2.05, 4.69) is 18.8 Å². The molecule has 0 bridgehead atoms. The maximum absolute atomic E-state index is 10.4. The molecule has 0 aliphatic heterocycles. The standard InChI is InChI=1S/2C16H32O2.C6H6N2O/c2*1-2-3-4-5-6-7-8-9-10-11-12-13-14-15-16(17)18;7-6(9)5-2-1-3-8-4-5/h2*2-15H2,1H3,(H,17,18);1-4H,(H2,7,9). The smallest absolute Gasteiger partial charge is 0.303 e. The first-order chi connectivity index (χ1) is 21.8. The second-order valence-electron chi connectivity index (χ2n) is 12.4. The summed E-state index contributed by atoms with van der Waals surface area (Å²) in [6, 6.07) is 3.29. The lowest BCUT2D eigenvalue weighted by Crippen LogP contribution is -2.10. The predicted molar refractivity (Wildman–Crippen MR) is 189 cm³/mol. The summed E-state index contributed by atoms with van der Waals surface area (Å²) in [7, 11) is 0. The number of carbonyl (C=O) groups is 3. The maximum atomic E-state index is 10.4. The fraction of sp³-hybridized carbons (Fsp3) is 0.789. The molecule has 0 aromatic carbocycles. The molecule has 1 aromatic heterocycles. The van der Waals surface area contributed by atoms with Crippen LogP contribution in [-0.2, 0) is 9.59 Å². The van der Waals surface area contributed by atoms with E-state index in [1.165, 1.54) is 147 Å². The van der Waals surface area contributed by atoms with Gasteiger partial charge in [-0.2, -0.15) is 0 Å². The maximum Gasteiger partial charge on any atom is 0.303 e. The van der Waals surface area contributed by atoms with E-state index in [1.807, 2.05) is 0 Å². The van der Waals surface area contributed by atoms with Gasteiger partial charge in [-0.15, -0.1) is 0 Å². The molecule has 7 heteroatoms. The molecular weight excluding hydrogens is 564 g/mol. The van der Waals surface area contributed by atoms with Crippen LogP contribution in [0, 0.1) is 0 Å². The number of nitrogens with two attached hydrogens (primary N) is 1. The highest BCUT2D eigenvalue weighted by Crippen LogP contribution is 2.14. The third-order valence-electron chi connectivity index (χ3n) is 7.93. The third-order valence-corrected chi connectivity index (χ3v) is 7.93. The van der Waals surface area contributed by atoms with Crippen LogP contribution in [0.15, 0.2) is 24.5 Å². The molecule has 1 heterocycles. The summed E-state index contributed by atoms with van der Waals surface area (Å²) in [5.74, 6) is -1.75. The number of rotatable bonds is 29. The summed E-state index contributed by atoms with van der Waals surface area (Å²) in [6.45, 7) is 4.52. The number of unbranched alkanes of at least 4 members (excludes halogenated alkanes) is 24. The summed E-state index contributed by atoms with van der Waals surface area (Å²) < 4.78 is 0. The molecule has 7 nitrogen and oxygen atoms in total. The Kier molecular flexibility index (Phi) is 37.5. The van der Waals surface area contributed by atoms with E-state index < -0.39 is 17.8 Å². The van der Waals surface area contributed by atoms with Crippen molar-refractivity contribution in [3.63, 3.8) is 0 Å². The lowest BCUT2D eigenvalue weighted by molar-refractivity contribution is -0.138. The number of carboxylic acids is 2. The second-order valence-corrected chi connectivity index (χ2v) is 12.4. The van der Waals surface area contributed by atoms with Crippen LogP contribution in [0.25, 0.3) is 0 Å². The van der Waals surface area contributed by atoms with Gasteiger partial charge in [-0.25, -0.2) is 0 Å². The van der Waals surface area contributed by atoms with E-state index >= 15 is 0 Å². The minimum Gasteiger partial charge on any atom is -0.481 e. The van der Waals surface area contributed by atoms with Crippen molar-refractivity contribution >= 4 is 17.8 Å². The summed E-state index contributed by atoms with van der Waals surface area (Å²) in [6.07, 6.45) is 37.6. The normalized spacial score (nSPS) is 10.4. The molecule has 1 rings (SSSR count). The fourth-order valence-corrected chi connectivity index (χ4v) is 5.10. The monoisotopic (exact) mass is 635 g/mol. The number of hydrogen-bond acceptors (Lipinski definition) is 4. The molecule has 0 aliphatic carbocycles. The van der Waals surface area contributed by atoms with Gasteiger partial charge in [-0.3, -0.25) is 19.4 Å². The number of aliphatic carboxylic acids is 2. The molecule has 0 fully saturated rings. The van der Waals surface area contributed by atoms with Gasteiger partial charge in [0.05, 0.1) is 5.56 Å². The van der Waals surface area contributed by atoms with Gasteiger partial charge in [0, 0.05) is 25.2 Å². The van der Waals surface area contributed by atoms with Gasteiger partial charge in [-0.05, 0) is 25.0 Å². The zero-order valence-corrected chi connectivity index (χ0v) is 29.3. The molecule has 0 spiro atoms. The summed E-state index contributed by atoms with van der Waals surface area (Å²) in [5, 5.41) is 17.0. The lowest BCUT2D eigenvalue weighted by Gasteiger charge is -2.02. The van der Waals surface area contributed by atoms with Crippen molar-refractivity contribution in [3.8, 4) is 0 Å². The summed E-state index contributed by atoms with van der Waals surface area (Å²) in [5.41, 5.74) is 5.38. The number of carbonyl (C=O) groups excluding carboxylic acids is 1. The first-order valence-electron chi connectivity index (χ1n) is 18.5. The average molecular weight is 635 g/mol. The molecule has 4 N–H and O–H groups in total. The van der Waals surface area contributed by atoms with Crippen LogP contribution in [0.5, 0.6) is 0 Å².